The fourth-order valence-electron chi connectivity index (χ4n) is 3.85. The Morgan fingerprint density at radius 1 is 1.11 bits per heavy atom. The number of halogens is 1. The summed E-state index contributed by atoms with van der Waals surface area (Å²) in [6, 6.07) is 16.1. The number of nitrogens with zero attached hydrogens (tertiary/aromatic N) is 2. The monoisotopic (exact) mass is 385 g/mol. The van der Waals surface area contributed by atoms with Crippen molar-refractivity contribution in [3.8, 4) is 0 Å². The number of rotatable bonds is 3. The average molecular weight is 386 g/mol. The van der Waals surface area contributed by atoms with Gasteiger partial charge >= 0.3 is 6.03 Å². The Balaban J connectivity index is 1.45. The second-order valence-electron chi connectivity index (χ2n) is 6.97. The Labute approximate surface area is 162 Å². The number of carbonyl (C=O) groups excluding carboxylic acids is 2. The van der Waals surface area contributed by atoms with Crippen LogP contribution < -0.4 is 5.32 Å². The van der Waals surface area contributed by atoms with Gasteiger partial charge in [-0.1, -0.05) is 41.9 Å². The lowest BCUT2D eigenvalue weighted by molar-refractivity contribution is -0.136. The highest BCUT2D eigenvalue weighted by molar-refractivity contribution is 6.30. The smallest absolute Gasteiger partial charge is 0.321 e. The number of hydrogen-bond donors (Lipinski definition) is 2. The zero-order valence-corrected chi connectivity index (χ0v) is 15.3. The van der Waals surface area contributed by atoms with E-state index in [1.807, 2.05) is 30.3 Å². The van der Waals surface area contributed by atoms with Crippen LogP contribution in [0.1, 0.15) is 5.56 Å². The topological polar surface area (TPSA) is 72.9 Å². The molecule has 2 saturated heterocycles. The number of carbonyl (C=O) groups is 2. The summed E-state index contributed by atoms with van der Waals surface area (Å²) in [6.45, 7) is 1.19. The first kappa shape index (κ1) is 17.8. The van der Waals surface area contributed by atoms with E-state index in [9.17, 15) is 14.7 Å². The number of aliphatic hydroxyl groups is 1. The summed E-state index contributed by atoms with van der Waals surface area (Å²) in [5.74, 6) is -0.524. The lowest BCUT2D eigenvalue weighted by Crippen LogP contribution is -2.41. The molecular weight excluding hydrogens is 366 g/mol. The van der Waals surface area contributed by atoms with Gasteiger partial charge in [0, 0.05) is 36.3 Å². The van der Waals surface area contributed by atoms with E-state index in [0.29, 0.717) is 30.3 Å². The number of fused-ring (bicyclic) bond motifs is 1. The lowest BCUT2D eigenvalue weighted by atomic mass is 10.0. The molecule has 0 aliphatic carbocycles. The SMILES string of the molecule is O=C(Nc1ccc(Cl)cc1)N1C[C@@H]2[C@H](O)C(=O)N(Cc3ccccc3)[C@@H]2C1. The molecule has 0 bridgehead atoms. The van der Waals surface area contributed by atoms with Crippen molar-refractivity contribution < 1.29 is 14.7 Å². The van der Waals surface area contributed by atoms with Crippen LogP contribution in [-0.4, -0.2) is 52.1 Å². The Morgan fingerprint density at radius 3 is 2.52 bits per heavy atom. The van der Waals surface area contributed by atoms with Crippen molar-refractivity contribution in [2.45, 2.75) is 18.7 Å². The zero-order chi connectivity index (χ0) is 19.0. The summed E-state index contributed by atoms with van der Waals surface area (Å²) in [4.78, 5) is 28.4. The van der Waals surface area contributed by atoms with E-state index in [4.69, 9.17) is 11.6 Å². The minimum absolute atomic E-state index is 0.177. The van der Waals surface area contributed by atoms with E-state index < -0.39 is 6.10 Å². The highest BCUT2D eigenvalue weighted by Gasteiger charge is 2.52. The number of nitrogens with one attached hydrogen (secondary N) is 1. The fourth-order valence-corrected chi connectivity index (χ4v) is 3.97. The number of amides is 3. The number of hydrogen-bond acceptors (Lipinski definition) is 3. The maximum Gasteiger partial charge on any atom is 0.321 e. The van der Waals surface area contributed by atoms with Crippen LogP contribution >= 0.6 is 11.6 Å². The molecule has 0 unspecified atom stereocenters. The first-order valence-corrected chi connectivity index (χ1v) is 9.24. The minimum Gasteiger partial charge on any atom is -0.383 e. The summed E-state index contributed by atoms with van der Waals surface area (Å²) >= 11 is 5.86. The third-order valence-corrected chi connectivity index (χ3v) is 5.51. The van der Waals surface area contributed by atoms with Gasteiger partial charge in [0.2, 0.25) is 0 Å². The van der Waals surface area contributed by atoms with Crippen molar-refractivity contribution in [1.29, 1.82) is 0 Å². The molecule has 140 valence electrons. The van der Waals surface area contributed by atoms with Crippen molar-refractivity contribution in [2.75, 3.05) is 18.4 Å². The third-order valence-electron chi connectivity index (χ3n) is 5.25. The molecule has 0 radical (unpaired) electrons. The largest absolute Gasteiger partial charge is 0.383 e. The maximum atomic E-state index is 12.6. The molecular formula is C20H20ClN3O3. The molecule has 2 aromatic rings. The molecule has 2 fully saturated rings. The lowest BCUT2D eigenvalue weighted by Gasteiger charge is -2.25. The Kier molecular flexibility index (Phi) is 4.76. The van der Waals surface area contributed by atoms with Gasteiger partial charge in [0.25, 0.3) is 5.91 Å². The zero-order valence-electron chi connectivity index (χ0n) is 14.6. The van der Waals surface area contributed by atoms with Gasteiger partial charge in [-0.25, -0.2) is 4.79 Å². The third kappa shape index (κ3) is 3.50. The van der Waals surface area contributed by atoms with Crippen LogP contribution in [0, 0.1) is 5.92 Å². The molecule has 2 aliphatic heterocycles. The molecule has 2 aromatic carbocycles. The molecule has 3 amide bonds. The molecule has 0 saturated carbocycles. The number of aliphatic hydroxyl groups excluding tert-OH is 1. The van der Waals surface area contributed by atoms with E-state index in [2.05, 4.69) is 5.32 Å². The van der Waals surface area contributed by atoms with Crippen LogP contribution in [0.4, 0.5) is 10.5 Å². The van der Waals surface area contributed by atoms with Gasteiger partial charge in [-0.2, -0.15) is 0 Å². The molecule has 0 aromatic heterocycles. The number of urea groups is 1. The summed E-state index contributed by atoms with van der Waals surface area (Å²) in [5, 5.41) is 13.8. The second kappa shape index (κ2) is 7.21. The molecule has 7 heteroatoms. The van der Waals surface area contributed by atoms with Gasteiger partial charge in [-0.05, 0) is 29.8 Å². The fraction of sp³-hybridized carbons (Fsp3) is 0.300. The van der Waals surface area contributed by atoms with Crippen molar-refractivity contribution in [2.24, 2.45) is 5.92 Å². The Morgan fingerprint density at radius 2 is 1.81 bits per heavy atom. The van der Waals surface area contributed by atoms with Crippen molar-refractivity contribution in [1.82, 2.24) is 9.80 Å². The highest BCUT2D eigenvalue weighted by Crippen LogP contribution is 2.34. The molecule has 2 heterocycles. The predicted octanol–water partition coefficient (Wildman–Crippen LogP) is 2.58. The van der Waals surface area contributed by atoms with Crippen LogP contribution in [0.25, 0.3) is 0 Å². The molecule has 27 heavy (non-hydrogen) atoms. The van der Waals surface area contributed by atoms with E-state index in [-0.39, 0.29) is 23.9 Å². The van der Waals surface area contributed by atoms with E-state index >= 15 is 0 Å². The summed E-state index contributed by atoms with van der Waals surface area (Å²) < 4.78 is 0. The van der Waals surface area contributed by atoms with Crippen LogP contribution in [0.15, 0.2) is 54.6 Å². The first-order valence-electron chi connectivity index (χ1n) is 8.87. The van der Waals surface area contributed by atoms with Gasteiger partial charge in [-0.3, -0.25) is 4.79 Å². The second-order valence-corrected chi connectivity index (χ2v) is 7.41. The van der Waals surface area contributed by atoms with E-state index in [1.54, 1.807) is 34.1 Å². The first-order chi connectivity index (χ1) is 13.0. The maximum absolute atomic E-state index is 12.6. The Bertz CT molecular complexity index is 843. The van der Waals surface area contributed by atoms with Gasteiger partial charge in [0.05, 0.1) is 6.04 Å². The van der Waals surface area contributed by atoms with Gasteiger partial charge in [0.1, 0.15) is 6.10 Å². The molecule has 3 atom stereocenters. The van der Waals surface area contributed by atoms with Crippen molar-refractivity contribution >= 4 is 29.2 Å². The Hall–Kier alpha value is -2.57. The summed E-state index contributed by atoms with van der Waals surface area (Å²) in [6.07, 6.45) is -1.06. The molecule has 2 N–H and O–H groups in total. The average Bonchev–Trinajstić information content (AvgIpc) is 3.20. The van der Waals surface area contributed by atoms with Gasteiger partial charge < -0.3 is 20.2 Å². The summed E-state index contributed by atoms with van der Waals surface area (Å²) in [7, 11) is 0. The molecule has 6 nitrogen and oxygen atoms in total. The minimum atomic E-state index is -1.06. The molecule has 2 aliphatic rings. The van der Waals surface area contributed by atoms with Crippen LogP contribution in [0.2, 0.25) is 5.02 Å². The molecule has 0 spiro atoms. The standard InChI is InChI=1S/C20H20ClN3O3/c21-14-6-8-15(9-7-14)22-20(27)23-11-16-17(12-23)24(19(26)18(16)25)10-13-4-2-1-3-5-13/h1-9,16-18,25H,10-12H2,(H,22,27)/t16-,17+,18-/m0/s1. The normalized spacial score (nSPS) is 24.2. The van der Waals surface area contributed by atoms with Crippen molar-refractivity contribution in [3.05, 3.63) is 65.2 Å². The van der Waals surface area contributed by atoms with Crippen molar-refractivity contribution in [3.63, 3.8) is 0 Å². The van der Waals surface area contributed by atoms with E-state index in [1.165, 1.54) is 0 Å². The number of likely N-dealkylation sites (tertiary alicyclic amines) is 2. The van der Waals surface area contributed by atoms with Crippen LogP contribution in [-0.2, 0) is 11.3 Å². The quantitative estimate of drug-likeness (QED) is 0.852. The number of benzene rings is 2. The predicted molar refractivity (Wildman–Crippen MR) is 102 cm³/mol. The summed E-state index contributed by atoms with van der Waals surface area (Å²) in [5.41, 5.74) is 1.65. The van der Waals surface area contributed by atoms with Crippen LogP contribution in [0.5, 0.6) is 0 Å². The highest BCUT2D eigenvalue weighted by atomic mass is 35.5. The van der Waals surface area contributed by atoms with Gasteiger partial charge in [-0.15, -0.1) is 0 Å². The van der Waals surface area contributed by atoms with Crippen LogP contribution in [0.3, 0.4) is 0 Å². The number of anilines is 1. The van der Waals surface area contributed by atoms with Gasteiger partial charge in [0.15, 0.2) is 0 Å². The molecule has 4 rings (SSSR count). The van der Waals surface area contributed by atoms with E-state index in [0.717, 1.165) is 5.56 Å².